The summed E-state index contributed by atoms with van der Waals surface area (Å²) >= 11 is 1.80. The molecule has 0 spiro atoms. The summed E-state index contributed by atoms with van der Waals surface area (Å²) in [6, 6.07) is 0. The molecular formula is C15H26N4O2S. The Balaban J connectivity index is 1.77. The van der Waals surface area contributed by atoms with E-state index < -0.39 is 0 Å². The maximum atomic E-state index is 5.82. The third-order valence-electron chi connectivity index (χ3n) is 3.95. The Kier molecular flexibility index (Phi) is 5.60. The lowest BCUT2D eigenvalue weighted by Gasteiger charge is -2.28. The number of thioether (sulfide) groups is 1. The zero-order valence-electron chi connectivity index (χ0n) is 13.5. The zero-order chi connectivity index (χ0) is 15.4. The Hall–Kier alpha value is -0.790. The minimum atomic E-state index is 0.300. The van der Waals surface area contributed by atoms with Crippen LogP contribution >= 0.6 is 11.8 Å². The first kappa shape index (κ1) is 16.1. The average Bonchev–Trinajstić information content (AvgIpc) is 3.16. The molecule has 1 aromatic heterocycles. The quantitative estimate of drug-likeness (QED) is 0.746. The molecule has 2 fully saturated rings. The van der Waals surface area contributed by atoms with E-state index in [1.165, 1.54) is 0 Å². The lowest BCUT2D eigenvalue weighted by molar-refractivity contribution is 0.0942. The van der Waals surface area contributed by atoms with E-state index in [1.807, 2.05) is 0 Å². The predicted octanol–water partition coefficient (Wildman–Crippen LogP) is 2.04. The normalized spacial score (nSPS) is 22.7. The van der Waals surface area contributed by atoms with Crippen LogP contribution in [0.4, 0.5) is 5.95 Å². The number of nitrogens with zero attached hydrogens (tertiary/aromatic N) is 4. The second-order valence-electron chi connectivity index (χ2n) is 6.33. The van der Waals surface area contributed by atoms with Gasteiger partial charge in [-0.05, 0) is 18.8 Å². The van der Waals surface area contributed by atoms with Crippen LogP contribution in [0.2, 0.25) is 0 Å². The molecule has 2 aliphatic rings. The number of anilines is 1. The van der Waals surface area contributed by atoms with E-state index in [-0.39, 0.29) is 0 Å². The lowest BCUT2D eigenvalue weighted by Crippen LogP contribution is -2.38. The van der Waals surface area contributed by atoms with E-state index in [9.17, 15) is 0 Å². The van der Waals surface area contributed by atoms with Crippen LogP contribution in [-0.4, -0.2) is 59.5 Å². The smallest absolute Gasteiger partial charge is 0.228 e. The molecular weight excluding hydrogens is 300 g/mol. The van der Waals surface area contributed by atoms with E-state index >= 15 is 0 Å². The van der Waals surface area contributed by atoms with Crippen molar-refractivity contribution in [2.45, 2.75) is 44.5 Å². The number of aromatic nitrogens is 3. The van der Waals surface area contributed by atoms with E-state index in [1.54, 1.807) is 11.8 Å². The first-order chi connectivity index (χ1) is 10.7. The molecule has 2 aliphatic heterocycles. The summed E-state index contributed by atoms with van der Waals surface area (Å²) in [4.78, 5) is 2.28. The molecule has 0 amide bonds. The monoisotopic (exact) mass is 326 g/mol. The van der Waals surface area contributed by atoms with Crippen LogP contribution in [0.5, 0.6) is 0 Å². The predicted molar refractivity (Wildman–Crippen MR) is 87.6 cm³/mol. The van der Waals surface area contributed by atoms with Gasteiger partial charge >= 0.3 is 0 Å². The molecule has 3 heterocycles. The van der Waals surface area contributed by atoms with Crippen LogP contribution in [0, 0.1) is 5.92 Å². The van der Waals surface area contributed by atoms with Gasteiger partial charge in [0.05, 0.1) is 25.9 Å². The van der Waals surface area contributed by atoms with Crippen molar-refractivity contribution >= 4 is 17.7 Å². The molecule has 3 rings (SSSR count). The van der Waals surface area contributed by atoms with E-state index in [0.717, 1.165) is 69.2 Å². The molecule has 0 radical (unpaired) electrons. The zero-order valence-corrected chi connectivity index (χ0v) is 14.3. The van der Waals surface area contributed by atoms with Gasteiger partial charge < -0.3 is 14.4 Å². The van der Waals surface area contributed by atoms with Gasteiger partial charge in [-0.3, -0.25) is 4.57 Å². The highest BCUT2D eigenvalue weighted by molar-refractivity contribution is 7.99. The first-order valence-electron chi connectivity index (χ1n) is 8.24. The van der Waals surface area contributed by atoms with Crippen molar-refractivity contribution in [1.29, 1.82) is 0 Å². The van der Waals surface area contributed by atoms with Crippen LogP contribution < -0.4 is 4.90 Å². The van der Waals surface area contributed by atoms with Gasteiger partial charge in [0.2, 0.25) is 5.95 Å². The van der Waals surface area contributed by atoms with Gasteiger partial charge in [-0.1, -0.05) is 25.6 Å². The maximum Gasteiger partial charge on any atom is 0.228 e. The second kappa shape index (κ2) is 7.66. The lowest BCUT2D eigenvalue weighted by atomic mass is 10.2. The minimum absolute atomic E-state index is 0.300. The number of hydrogen-bond acceptors (Lipinski definition) is 6. The first-order valence-corrected chi connectivity index (χ1v) is 9.23. The third-order valence-corrected chi connectivity index (χ3v) is 5.34. The Morgan fingerprint density at radius 2 is 2.05 bits per heavy atom. The largest absolute Gasteiger partial charge is 0.378 e. The van der Waals surface area contributed by atoms with Gasteiger partial charge in [0.15, 0.2) is 5.16 Å². The van der Waals surface area contributed by atoms with Crippen LogP contribution in [0.15, 0.2) is 5.16 Å². The molecule has 0 aliphatic carbocycles. The van der Waals surface area contributed by atoms with Crippen molar-refractivity contribution in [2.24, 2.45) is 5.92 Å². The highest BCUT2D eigenvalue weighted by atomic mass is 32.2. The van der Waals surface area contributed by atoms with Gasteiger partial charge in [0.25, 0.3) is 0 Å². The van der Waals surface area contributed by atoms with Crippen molar-refractivity contribution in [3.8, 4) is 0 Å². The summed E-state index contributed by atoms with van der Waals surface area (Å²) < 4.78 is 13.5. The minimum Gasteiger partial charge on any atom is -0.378 e. The van der Waals surface area contributed by atoms with Crippen LogP contribution in [0.1, 0.15) is 26.7 Å². The Bertz CT molecular complexity index is 468. The van der Waals surface area contributed by atoms with Gasteiger partial charge in [0, 0.05) is 25.4 Å². The summed E-state index contributed by atoms with van der Waals surface area (Å²) in [6.07, 6.45) is 2.59. The van der Waals surface area contributed by atoms with E-state index in [0.29, 0.717) is 12.0 Å². The molecule has 1 atom stereocenters. The topological polar surface area (TPSA) is 52.4 Å². The molecule has 0 unspecified atom stereocenters. The number of hydrogen-bond donors (Lipinski definition) is 0. The number of rotatable bonds is 6. The van der Waals surface area contributed by atoms with Crippen molar-refractivity contribution in [3.05, 3.63) is 0 Å². The third kappa shape index (κ3) is 3.94. The maximum absolute atomic E-state index is 5.82. The summed E-state index contributed by atoms with van der Waals surface area (Å²) in [5, 5.41) is 9.93. The molecule has 0 bridgehead atoms. The van der Waals surface area contributed by atoms with Crippen molar-refractivity contribution in [1.82, 2.24) is 14.8 Å². The number of morpholine rings is 1. The Morgan fingerprint density at radius 3 is 2.73 bits per heavy atom. The van der Waals surface area contributed by atoms with Gasteiger partial charge in [-0.25, -0.2) is 0 Å². The fourth-order valence-corrected chi connectivity index (χ4v) is 3.67. The average molecular weight is 326 g/mol. The molecule has 0 N–H and O–H groups in total. The van der Waals surface area contributed by atoms with Gasteiger partial charge in [0.1, 0.15) is 0 Å². The van der Waals surface area contributed by atoms with Gasteiger partial charge in [-0.15, -0.1) is 10.2 Å². The number of ether oxygens (including phenoxy) is 2. The molecule has 7 heteroatoms. The van der Waals surface area contributed by atoms with Crippen LogP contribution in [0.3, 0.4) is 0 Å². The fourth-order valence-electron chi connectivity index (χ4n) is 2.78. The van der Waals surface area contributed by atoms with Crippen molar-refractivity contribution < 1.29 is 9.47 Å². The van der Waals surface area contributed by atoms with Crippen LogP contribution in [-0.2, 0) is 16.0 Å². The summed E-state index contributed by atoms with van der Waals surface area (Å²) in [6.45, 7) is 9.52. The van der Waals surface area contributed by atoms with E-state index in [2.05, 4.69) is 33.5 Å². The highest BCUT2D eigenvalue weighted by Gasteiger charge is 2.24. The molecule has 6 nitrogen and oxygen atoms in total. The molecule has 0 aromatic carbocycles. The SMILES string of the molecule is CC(C)CSc1nnc(N2CCOCC2)n1C[C@@H]1CCCO1. The standard InChI is InChI=1S/C15H26N4O2S/c1-12(2)11-22-15-17-16-14(18-5-8-20-9-6-18)19(15)10-13-4-3-7-21-13/h12-13H,3-11H2,1-2H3/t13-/m0/s1. The Labute approximate surface area is 136 Å². The summed E-state index contributed by atoms with van der Waals surface area (Å²) in [5.41, 5.74) is 0. The van der Waals surface area contributed by atoms with E-state index in [4.69, 9.17) is 9.47 Å². The van der Waals surface area contributed by atoms with Crippen molar-refractivity contribution in [3.63, 3.8) is 0 Å². The van der Waals surface area contributed by atoms with Gasteiger partial charge in [-0.2, -0.15) is 0 Å². The van der Waals surface area contributed by atoms with Crippen molar-refractivity contribution in [2.75, 3.05) is 43.6 Å². The summed E-state index contributed by atoms with van der Waals surface area (Å²) in [7, 11) is 0. The van der Waals surface area contributed by atoms with Crippen LogP contribution in [0.25, 0.3) is 0 Å². The molecule has 22 heavy (non-hydrogen) atoms. The fraction of sp³-hybridized carbons (Fsp3) is 0.867. The highest BCUT2D eigenvalue weighted by Crippen LogP contribution is 2.26. The molecule has 0 saturated carbocycles. The Morgan fingerprint density at radius 1 is 1.23 bits per heavy atom. The molecule has 124 valence electrons. The summed E-state index contributed by atoms with van der Waals surface area (Å²) in [5.74, 6) is 2.68. The molecule has 2 saturated heterocycles. The molecule has 1 aromatic rings. The second-order valence-corrected chi connectivity index (χ2v) is 7.32.